The smallest absolute Gasteiger partial charge is 0.238 e. The molecule has 0 radical (unpaired) electrons. The van der Waals surface area contributed by atoms with Gasteiger partial charge >= 0.3 is 0 Å². The highest BCUT2D eigenvalue weighted by molar-refractivity contribution is 14.1. The van der Waals surface area contributed by atoms with Crippen LogP contribution >= 0.6 is 22.6 Å². The van der Waals surface area contributed by atoms with Crippen LogP contribution in [-0.4, -0.2) is 18.3 Å². The number of hydrogen-bond donors (Lipinski definition) is 0. The maximum absolute atomic E-state index is 5.94. The summed E-state index contributed by atoms with van der Waals surface area (Å²) in [5.74, 6) is 0. The van der Waals surface area contributed by atoms with Crippen molar-refractivity contribution in [1.82, 2.24) is 0 Å². The van der Waals surface area contributed by atoms with Crippen LogP contribution in [0.4, 0.5) is 0 Å². The Morgan fingerprint density at radius 2 is 1.74 bits per heavy atom. The Morgan fingerprint density at radius 3 is 2.26 bits per heavy atom. The Morgan fingerprint density at radius 1 is 1.09 bits per heavy atom. The van der Waals surface area contributed by atoms with E-state index < -0.39 is 8.32 Å². The van der Waals surface area contributed by atoms with E-state index in [0.29, 0.717) is 0 Å². The van der Waals surface area contributed by atoms with Crippen LogP contribution in [0.3, 0.4) is 0 Å². The fraction of sp³-hybridized carbons (Fsp3) is 0.895. The van der Waals surface area contributed by atoms with Crippen molar-refractivity contribution >= 4 is 30.9 Å². The summed E-state index contributed by atoms with van der Waals surface area (Å²) >= 11 is 2.60. The standard InChI is InChI=1S/C19H39IO2Si/c1-8-10-11-12-14-17(20)15-16-18(13-9-2)21-22-23(6,7)19(3,4)5/h9,17-18H,2,8,10-16H2,1,3-7H3. The third-order valence-electron chi connectivity index (χ3n) is 4.80. The Hall–Kier alpha value is 0.607. The first-order valence-corrected chi connectivity index (χ1v) is 13.4. The number of unbranched alkanes of at least 4 members (excludes halogenated alkanes) is 3. The monoisotopic (exact) mass is 454 g/mol. The van der Waals surface area contributed by atoms with E-state index in [1.54, 1.807) is 0 Å². The summed E-state index contributed by atoms with van der Waals surface area (Å²) in [5.41, 5.74) is 0. The highest BCUT2D eigenvalue weighted by Crippen LogP contribution is 2.37. The molecule has 0 saturated heterocycles. The highest BCUT2D eigenvalue weighted by atomic mass is 127. The molecule has 2 atom stereocenters. The van der Waals surface area contributed by atoms with E-state index in [-0.39, 0.29) is 11.1 Å². The first-order valence-electron chi connectivity index (χ1n) is 9.23. The molecule has 0 aliphatic rings. The van der Waals surface area contributed by atoms with Crippen molar-refractivity contribution in [2.75, 3.05) is 0 Å². The van der Waals surface area contributed by atoms with Gasteiger partial charge in [0.1, 0.15) is 0 Å². The molecule has 0 aliphatic carbocycles. The third-order valence-corrected chi connectivity index (χ3v) is 10.2. The van der Waals surface area contributed by atoms with Gasteiger partial charge in [-0.3, -0.25) is 4.58 Å². The zero-order valence-electron chi connectivity index (χ0n) is 16.3. The lowest BCUT2D eigenvalue weighted by atomic mass is 10.0. The van der Waals surface area contributed by atoms with Gasteiger partial charge in [0.2, 0.25) is 8.32 Å². The average Bonchev–Trinajstić information content (AvgIpc) is 2.45. The first-order chi connectivity index (χ1) is 10.6. The van der Waals surface area contributed by atoms with Gasteiger partial charge in [0, 0.05) is 3.92 Å². The van der Waals surface area contributed by atoms with Crippen LogP contribution in [-0.2, 0) is 9.46 Å². The van der Waals surface area contributed by atoms with E-state index in [1.165, 1.54) is 38.5 Å². The molecule has 0 heterocycles. The second-order valence-corrected chi connectivity index (χ2v) is 14.6. The van der Waals surface area contributed by atoms with E-state index in [9.17, 15) is 0 Å². The van der Waals surface area contributed by atoms with Crippen LogP contribution in [0.25, 0.3) is 0 Å². The summed E-state index contributed by atoms with van der Waals surface area (Å²) in [4.78, 5) is 5.85. The van der Waals surface area contributed by atoms with E-state index in [4.69, 9.17) is 9.46 Å². The molecule has 0 saturated carbocycles. The van der Waals surface area contributed by atoms with Crippen molar-refractivity contribution in [1.29, 1.82) is 0 Å². The number of hydrogen-bond acceptors (Lipinski definition) is 2. The molecule has 0 aromatic heterocycles. The molecule has 2 unspecified atom stereocenters. The van der Waals surface area contributed by atoms with E-state index in [2.05, 4.69) is 70.0 Å². The quantitative estimate of drug-likeness (QED) is 0.0548. The predicted octanol–water partition coefficient (Wildman–Crippen LogP) is 7.44. The van der Waals surface area contributed by atoms with Crippen LogP contribution in [0.15, 0.2) is 12.7 Å². The molecule has 0 amide bonds. The van der Waals surface area contributed by atoms with Gasteiger partial charge in [0.15, 0.2) is 0 Å². The first kappa shape index (κ1) is 23.6. The zero-order valence-corrected chi connectivity index (χ0v) is 19.4. The molecule has 4 heteroatoms. The lowest BCUT2D eigenvalue weighted by molar-refractivity contribution is -0.258. The Labute approximate surface area is 160 Å². The molecule has 0 spiro atoms. The van der Waals surface area contributed by atoms with Gasteiger partial charge in [0.25, 0.3) is 0 Å². The third kappa shape index (κ3) is 11.0. The van der Waals surface area contributed by atoms with Gasteiger partial charge in [0.05, 0.1) is 6.10 Å². The molecule has 138 valence electrons. The largest absolute Gasteiger partial charge is 0.286 e. The summed E-state index contributed by atoms with van der Waals surface area (Å²) in [6, 6.07) is 0. The van der Waals surface area contributed by atoms with Crippen molar-refractivity contribution in [3.63, 3.8) is 0 Å². The normalized spacial score (nSPS) is 15.4. The average molecular weight is 455 g/mol. The molecule has 2 nitrogen and oxygen atoms in total. The second kappa shape index (κ2) is 12.0. The summed E-state index contributed by atoms with van der Waals surface area (Å²) in [7, 11) is -1.84. The molecule has 0 aromatic rings. The van der Waals surface area contributed by atoms with Crippen LogP contribution in [0.1, 0.15) is 79.1 Å². The van der Waals surface area contributed by atoms with Crippen LogP contribution in [0.5, 0.6) is 0 Å². The predicted molar refractivity (Wildman–Crippen MR) is 114 cm³/mol. The van der Waals surface area contributed by atoms with Crippen molar-refractivity contribution < 1.29 is 9.46 Å². The maximum Gasteiger partial charge on any atom is 0.238 e. The minimum atomic E-state index is -1.84. The molecule has 0 rings (SSSR count). The lowest BCUT2D eigenvalue weighted by Crippen LogP contribution is -2.41. The maximum atomic E-state index is 5.94. The highest BCUT2D eigenvalue weighted by Gasteiger charge is 2.39. The molecule has 0 N–H and O–H groups in total. The minimum Gasteiger partial charge on any atom is -0.286 e. The van der Waals surface area contributed by atoms with Crippen molar-refractivity contribution in [2.45, 2.75) is 107 Å². The molecule has 0 bridgehead atoms. The van der Waals surface area contributed by atoms with Crippen LogP contribution in [0, 0.1) is 0 Å². The van der Waals surface area contributed by atoms with Gasteiger partial charge in [-0.2, -0.15) is 0 Å². The van der Waals surface area contributed by atoms with Gasteiger partial charge in [-0.1, -0.05) is 82.0 Å². The summed E-state index contributed by atoms with van der Waals surface area (Å²) in [6.45, 7) is 17.3. The van der Waals surface area contributed by atoms with Crippen LogP contribution < -0.4 is 0 Å². The lowest BCUT2D eigenvalue weighted by Gasteiger charge is -2.35. The SMILES string of the molecule is C=CCC(CCC(I)CCCCCC)OO[Si](C)(C)C(C)(C)C. The van der Waals surface area contributed by atoms with Gasteiger partial charge in [-0.25, -0.2) is 4.89 Å². The molecular weight excluding hydrogens is 415 g/mol. The Bertz CT molecular complexity index is 313. The Kier molecular flexibility index (Phi) is 12.4. The van der Waals surface area contributed by atoms with E-state index in [1.807, 2.05) is 6.08 Å². The molecule has 0 aliphatic heterocycles. The Balaban J connectivity index is 4.18. The van der Waals surface area contributed by atoms with Crippen molar-refractivity contribution in [3.05, 3.63) is 12.7 Å². The topological polar surface area (TPSA) is 18.5 Å². The molecule has 0 aromatic carbocycles. The van der Waals surface area contributed by atoms with Crippen molar-refractivity contribution in [3.8, 4) is 0 Å². The number of alkyl halides is 1. The number of rotatable bonds is 13. The van der Waals surface area contributed by atoms with Gasteiger partial charge in [-0.05, 0) is 43.8 Å². The van der Waals surface area contributed by atoms with Gasteiger partial charge in [-0.15, -0.1) is 6.58 Å². The summed E-state index contributed by atoms with van der Waals surface area (Å²) in [6.07, 6.45) is 12.0. The summed E-state index contributed by atoms with van der Waals surface area (Å²) in [5, 5.41) is 0.177. The van der Waals surface area contributed by atoms with E-state index in [0.717, 1.165) is 16.8 Å². The van der Waals surface area contributed by atoms with Gasteiger partial charge < -0.3 is 0 Å². The molecule has 0 fully saturated rings. The van der Waals surface area contributed by atoms with Crippen LogP contribution in [0.2, 0.25) is 18.1 Å². The molecular formula is C19H39IO2Si. The van der Waals surface area contributed by atoms with E-state index >= 15 is 0 Å². The second-order valence-electron chi connectivity index (χ2n) is 8.11. The zero-order chi connectivity index (χ0) is 17.9. The summed E-state index contributed by atoms with van der Waals surface area (Å²) < 4.78 is 6.69. The molecule has 23 heavy (non-hydrogen) atoms. The van der Waals surface area contributed by atoms with Crippen molar-refractivity contribution in [2.24, 2.45) is 0 Å². The fourth-order valence-electron chi connectivity index (χ4n) is 2.01. The fourth-order valence-corrected chi connectivity index (χ4v) is 3.43. The number of halogens is 1. The minimum absolute atomic E-state index is 0.148.